The Balaban J connectivity index is 1.65. The standard InChI is InChI=1S/C24H24N2O3/c1-16-13-17(2)23(18(3)14-16)26-22(27)15-29-24(28)20-11-7-8-12-21(20)25-19-9-5-4-6-10-19/h4-14,25H,15H2,1-3H3,(H,26,27). The molecule has 3 rings (SSSR count). The topological polar surface area (TPSA) is 67.4 Å². The van der Waals surface area contributed by atoms with Gasteiger partial charge < -0.3 is 15.4 Å². The van der Waals surface area contributed by atoms with Gasteiger partial charge in [0.25, 0.3) is 5.91 Å². The minimum absolute atomic E-state index is 0.356. The highest BCUT2D eigenvalue weighted by Crippen LogP contribution is 2.23. The van der Waals surface area contributed by atoms with Gasteiger partial charge >= 0.3 is 5.97 Å². The van der Waals surface area contributed by atoms with Crippen molar-refractivity contribution in [3.63, 3.8) is 0 Å². The first-order valence-electron chi connectivity index (χ1n) is 9.40. The van der Waals surface area contributed by atoms with Gasteiger partial charge in [-0.05, 0) is 56.2 Å². The lowest BCUT2D eigenvalue weighted by Gasteiger charge is -2.14. The molecule has 0 fully saturated rings. The summed E-state index contributed by atoms with van der Waals surface area (Å²) in [5.74, 6) is -0.932. The third-order valence-corrected chi connectivity index (χ3v) is 4.48. The number of para-hydroxylation sites is 2. The molecule has 0 heterocycles. The second-order valence-electron chi connectivity index (χ2n) is 6.93. The van der Waals surface area contributed by atoms with Crippen molar-refractivity contribution in [2.45, 2.75) is 20.8 Å². The summed E-state index contributed by atoms with van der Waals surface area (Å²) in [7, 11) is 0. The molecule has 0 aromatic heterocycles. The van der Waals surface area contributed by atoms with E-state index in [2.05, 4.69) is 10.6 Å². The molecule has 0 spiro atoms. The van der Waals surface area contributed by atoms with Crippen molar-refractivity contribution < 1.29 is 14.3 Å². The molecular formula is C24H24N2O3. The van der Waals surface area contributed by atoms with Crippen molar-refractivity contribution in [3.8, 4) is 0 Å². The fourth-order valence-corrected chi connectivity index (χ4v) is 3.21. The molecule has 0 aliphatic rings. The van der Waals surface area contributed by atoms with E-state index in [0.717, 1.165) is 28.1 Å². The van der Waals surface area contributed by atoms with Crippen molar-refractivity contribution in [2.24, 2.45) is 0 Å². The number of hydrogen-bond donors (Lipinski definition) is 2. The number of benzene rings is 3. The van der Waals surface area contributed by atoms with E-state index in [-0.39, 0.29) is 12.5 Å². The molecule has 0 aliphatic carbocycles. The quantitative estimate of drug-likeness (QED) is 0.573. The predicted molar refractivity (Wildman–Crippen MR) is 116 cm³/mol. The largest absolute Gasteiger partial charge is 0.452 e. The molecule has 148 valence electrons. The number of aryl methyl sites for hydroxylation is 3. The van der Waals surface area contributed by atoms with Gasteiger partial charge in [0.2, 0.25) is 0 Å². The van der Waals surface area contributed by atoms with Crippen LogP contribution < -0.4 is 10.6 Å². The zero-order chi connectivity index (χ0) is 20.8. The number of anilines is 3. The van der Waals surface area contributed by atoms with Crippen LogP contribution in [-0.4, -0.2) is 18.5 Å². The Morgan fingerprint density at radius 2 is 1.48 bits per heavy atom. The molecule has 29 heavy (non-hydrogen) atoms. The van der Waals surface area contributed by atoms with Gasteiger partial charge in [-0.2, -0.15) is 0 Å². The second-order valence-corrected chi connectivity index (χ2v) is 6.93. The summed E-state index contributed by atoms with van der Waals surface area (Å²) in [4.78, 5) is 24.9. The van der Waals surface area contributed by atoms with Crippen molar-refractivity contribution in [3.05, 3.63) is 89.0 Å². The molecule has 0 aliphatic heterocycles. The average molecular weight is 388 g/mol. The number of carbonyl (C=O) groups is 2. The Bertz CT molecular complexity index is 1010. The summed E-state index contributed by atoms with van der Waals surface area (Å²) < 4.78 is 5.25. The van der Waals surface area contributed by atoms with Gasteiger partial charge in [0.1, 0.15) is 0 Å². The van der Waals surface area contributed by atoms with Crippen molar-refractivity contribution in [1.29, 1.82) is 0 Å². The lowest BCUT2D eigenvalue weighted by Crippen LogP contribution is -2.22. The number of carbonyl (C=O) groups excluding carboxylic acids is 2. The molecule has 5 nitrogen and oxygen atoms in total. The molecule has 0 atom stereocenters. The van der Waals surface area contributed by atoms with Crippen LogP contribution in [0.15, 0.2) is 66.7 Å². The zero-order valence-electron chi connectivity index (χ0n) is 16.8. The molecule has 3 aromatic rings. The molecule has 0 unspecified atom stereocenters. The van der Waals surface area contributed by atoms with E-state index in [4.69, 9.17) is 4.74 Å². The summed E-state index contributed by atoms with van der Waals surface area (Å²) in [5, 5.41) is 6.03. The van der Waals surface area contributed by atoms with Gasteiger partial charge in [-0.15, -0.1) is 0 Å². The van der Waals surface area contributed by atoms with Gasteiger partial charge in [0, 0.05) is 11.4 Å². The third kappa shape index (κ3) is 5.23. The molecule has 0 saturated carbocycles. The van der Waals surface area contributed by atoms with Crippen LogP contribution in [0.5, 0.6) is 0 Å². The first kappa shape index (κ1) is 20.1. The molecule has 3 aromatic carbocycles. The number of nitrogens with one attached hydrogen (secondary N) is 2. The number of ether oxygens (including phenoxy) is 1. The van der Waals surface area contributed by atoms with Crippen LogP contribution in [0.3, 0.4) is 0 Å². The van der Waals surface area contributed by atoms with E-state index in [1.54, 1.807) is 18.2 Å². The second kappa shape index (κ2) is 9.06. The summed E-state index contributed by atoms with van der Waals surface area (Å²) in [5.41, 5.74) is 5.67. The molecule has 0 radical (unpaired) electrons. The highest BCUT2D eigenvalue weighted by Gasteiger charge is 2.15. The number of esters is 1. The summed E-state index contributed by atoms with van der Waals surface area (Å²) in [6.07, 6.45) is 0. The first-order valence-corrected chi connectivity index (χ1v) is 9.40. The number of amides is 1. The average Bonchev–Trinajstić information content (AvgIpc) is 2.70. The van der Waals surface area contributed by atoms with E-state index in [1.165, 1.54) is 0 Å². The van der Waals surface area contributed by atoms with Crippen molar-refractivity contribution in [2.75, 3.05) is 17.2 Å². The first-order chi connectivity index (χ1) is 13.9. The van der Waals surface area contributed by atoms with Gasteiger partial charge in [-0.1, -0.05) is 48.0 Å². The van der Waals surface area contributed by atoms with Crippen LogP contribution >= 0.6 is 0 Å². The maximum absolute atomic E-state index is 12.5. The van der Waals surface area contributed by atoms with E-state index in [9.17, 15) is 9.59 Å². The minimum atomic E-state index is -0.559. The van der Waals surface area contributed by atoms with Crippen LogP contribution in [0, 0.1) is 20.8 Å². The van der Waals surface area contributed by atoms with Crippen LogP contribution in [0.25, 0.3) is 0 Å². The van der Waals surface area contributed by atoms with Crippen LogP contribution in [0.2, 0.25) is 0 Å². The highest BCUT2D eigenvalue weighted by molar-refractivity contribution is 5.99. The maximum atomic E-state index is 12.5. The lowest BCUT2D eigenvalue weighted by atomic mass is 10.1. The molecule has 2 N–H and O–H groups in total. The molecule has 0 bridgehead atoms. The predicted octanol–water partition coefficient (Wildman–Crippen LogP) is 5.15. The smallest absolute Gasteiger partial charge is 0.340 e. The Morgan fingerprint density at radius 1 is 0.862 bits per heavy atom. The number of rotatable bonds is 6. The SMILES string of the molecule is Cc1cc(C)c(NC(=O)COC(=O)c2ccccc2Nc2ccccc2)c(C)c1. The van der Waals surface area contributed by atoms with E-state index in [0.29, 0.717) is 11.3 Å². The van der Waals surface area contributed by atoms with Gasteiger partial charge in [0.15, 0.2) is 6.61 Å². The Hall–Kier alpha value is -3.60. The van der Waals surface area contributed by atoms with Gasteiger partial charge in [-0.25, -0.2) is 4.79 Å². The summed E-state index contributed by atoms with van der Waals surface area (Å²) >= 11 is 0. The molecule has 1 amide bonds. The normalized spacial score (nSPS) is 10.3. The summed E-state index contributed by atoms with van der Waals surface area (Å²) in [6.45, 7) is 5.53. The minimum Gasteiger partial charge on any atom is -0.452 e. The van der Waals surface area contributed by atoms with E-state index in [1.807, 2.05) is 69.3 Å². The van der Waals surface area contributed by atoms with Crippen molar-refractivity contribution in [1.82, 2.24) is 0 Å². The zero-order valence-corrected chi connectivity index (χ0v) is 16.8. The van der Waals surface area contributed by atoms with Gasteiger partial charge in [0.05, 0.1) is 11.3 Å². The third-order valence-electron chi connectivity index (χ3n) is 4.48. The summed E-state index contributed by atoms with van der Waals surface area (Å²) in [6, 6.07) is 20.6. The monoisotopic (exact) mass is 388 g/mol. The van der Waals surface area contributed by atoms with Crippen LogP contribution in [0.4, 0.5) is 17.1 Å². The molecular weight excluding hydrogens is 364 g/mol. The Kier molecular flexibility index (Phi) is 6.29. The highest BCUT2D eigenvalue weighted by atomic mass is 16.5. The van der Waals surface area contributed by atoms with E-state index < -0.39 is 5.97 Å². The Morgan fingerprint density at radius 3 is 2.17 bits per heavy atom. The number of hydrogen-bond acceptors (Lipinski definition) is 4. The fraction of sp³-hybridized carbons (Fsp3) is 0.167. The van der Waals surface area contributed by atoms with Crippen LogP contribution in [0.1, 0.15) is 27.0 Å². The van der Waals surface area contributed by atoms with Gasteiger partial charge in [-0.3, -0.25) is 4.79 Å². The fourth-order valence-electron chi connectivity index (χ4n) is 3.21. The Labute approximate surface area is 170 Å². The van der Waals surface area contributed by atoms with Crippen LogP contribution in [-0.2, 0) is 9.53 Å². The molecule has 0 saturated heterocycles. The molecule has 5 heteroatoms. The lowest BCUT2D eigenvalue weighted by molar-refractivity contribution is -0.119. The van der Waals surface area contributed by atoms with E-state index >= 15 is 0 Å². The van der Waals surface area contributed by atoms with Crippen molar-refractivity contribution >= 4 is 28.9 Å². The maximum Gasteiger partial charge on any atom is 0.340 e.